The number of ether oxygens (including phenoxy) is 1. The maximum absolute atomic E-state index is 14.7. The third kappa shape index (κ3) is 6.82. The Hall–Kier alpha value is -3.19. The predicted molar refractivity (Wildman–Crippen MR) is 175 cm³/mol. The summed E-state index contributed by atoms with van der Waals surface area (Å²) >= 11 is 3.51. The number of primary amides is 1. The van der Waals surface area contributed by atoms with Crippen LogP contribution in [0.15, 0.2) is 59.1 Å². The van der Waals surface area contributed by atoms with Gasteiger partial charge in [0.25, 0.3) is 0 Å². The van der Waals surface area contributed by atoms with Gasteiger partial charge in [-0.3, -0.25) is 14.4 Å². The molecule has 1 unspecified atom stereocenters. The normalized spacial score (nSPS) is 16.6. The number of benzene rings is 3. The Bertz CT molecular complexity index is 1650. The van der Waals surface area contributed by atoms with E-state index in [4.69, 9.17) is 10.5 Å². The lowest BCUT2D eigenvalue weighted by atomic mass is 9.79. The number of hydrogen-bond donors (Lipinski definition) is 2. The number of methoxy groups -OCH3 is 1. The van der Waals surface area contributed by atoms with Crippen LogP contribution in [0.25, 0.3) is 10.8 Å². The molecule has 1 aliphatic rings. The number of fused-ring (bicyclic) bond motifs is 2. The van der Waals surface area contributed by atoms with E-state index in [1.54, 1.807) is 45.2 Å². The zero-order chi connectivity index (χ0) is 30.8. The molecule has 43 heavy (non-hydrogen) atoms. The molecule has 3 aromatic rings. The van der Waals surface area contributed by atoms with Crippen LogP contribution in [0, 0.1) is 5.92 Å². The molecule has 0 aliphatic carbocycles. The first-order valence-electron chi connectivity index (χ1n) is 13.5. The molecule has 2 atom stereocenters. The molecule has 0 saturated heterocycles. The molecule has 3 N–H and O–H groups in total. The minimum atomic E-state index is -3.70. The van der Waals surface area contributed by atoms with Gasteiger partial charge >= 0.3 is 0 Å². The number of hydrogen-bond acceptors (Lipinski definition) is 7. The summed E-state index contributed by atoms with van der Waals surface area (Å²) in [4.78, 5) is 44.2. The standard InChI is InChI=1S/C30H35BrN4O6S.ClH/c1-5-30(29(32)38,33-6-2)23-17-34(27(36)18-42(4,39)40)24-9-7-8-10-25(24)35(28(23)37)16-22-21-13-12-20(31)15-19(21)11-14-26(22)41-3;/h7-15,23,33H,5-6,16-18H2,1-4H3,(H2,32,38);1H/t23-,30?;/m1./s1. The Morgan fingerprint density at radius 3 is 2.37 bits per heavy atom. The molecular formula is C30H36BrClN4O6S. The zero-order valence-electron chi connectivity index (χ0n) is 24.4. The molecule has 0 fully saturated rings. The van der Waals surface area contributed by atoms with Gasteiger partial charge in [0.2, 0.25) is 17.7 Å². The Balaban J connectivity index is 0.00000506. The number of nitrogens with one attached hydrogen (secondary N) is 1. The first kappa shape index (κ1) is 34.3. The van der Waals surface area contributed by atoms with Crippen molar-refractivity contribution in [2.24, 2.45) is 11.7 Å². The number of para-hydroxylation sites is 2. The van der Waals surface area contributed by atoms with E-state index in [0.29, 0.717) is 23.7 Å². The van der Waals surface area contributed by atoms with E-state index in [9.17, 15) is 22.8 Å². The van der Waals surface area contributed by atoms with E-state index in [1.165, 1.54) is 9.80 Å². The number of sulfone groups is 1. The first-order valence-corrected chi connectivity index (χ1v) is 16.4. The van der Waals surface area contributed by atoms with Crippen LogP contribution in [0.5, 0.6) is 5.75 Å². The highest BCUT2D eigenvalue weighted by atomic mass is 79.9. The van der Waals surface area contributed by atoms with Crippen LogP contribution in [-0.2, 0) is 30.8 Å². The lowest BCUT2D eigenvalue weighted by molar-refractivity contribution is -0.135. The van der Waals surface area contributed by atoms with Gasteiger partial charge < -0.3 is 25.6 Å². The van der Waals surface area contributed by atoms with Gasteiger partial charge in [-0.1, -0.05) is 54.0 Å². The van der Waals surface area contributed by atoms with E-state index in [0.717, 1.165) is 27.1 Å². The van der Waals surface area contributed by atoms with E-state index in [2.05, 4.69) is 21.2 Å². The van der Waals surface area contributed by atoms with Crippen molar-refractivity contribution in [3.63, 3.8) is 0 Å². The molecule has 232 valence electrons. The van der Waals surface area contributed by atoms with Gasteiger partial charge in [0.1, 0.15) is 17.0 Å². The monoisotopic (exact) mass is 694 g/mol. The molecule has 0 bridgehead atoms. The molecule has 0 radical (unpaired) electrons. The molecule has 1 heterocycles. The number of nitrogens with two attached hydrogens (primary N) is 1. The number of nitrogens with zero attached hydrogens (tertiary/aromatic N) is 2. The molecule has 0 aromatic heterocycles. The highest BCUT2D eigenvalue weighted by molar-refractivity contribution is 9.10. The highest BCUT2D eigenvalue weighted by Crippen LogP contribution is 2.41. The second kappa shape index (κ2) is 13.6. The van der Waals surface area contributed by atoms with Gasteiger partial charge in [0.15, 0.2) is 9.84 Å². The summed E-state index contributed by atoms with van der Waals surface area (Å²) in [6.45, 7) is 3.68. The predicted octanol–water partition coefficient (Wildman–Crippen LogP) is 3.82. The van der Waals surface area contributed by atoms with E-state index < -0.39 is 44.8 Å². The fraction of sp³-hybridized carbons (Fsp3) is 0.367. The zero-order valence-corrected chi connectivity index (χ0v) is 27.6. The number of carbonyl (C=O) groups is 3. The van der Waals surface area contributed by atoms with Crippen molar-refractivity contribution < 1.29 is 27.5 Å². The number of rotatable bonds is 10. The summed E-state index contributed by atoms with van der Waals surface area (Å²) in [6, 6.07) is 16.4. The number of anilines is 2. The van der Waals surface area contributed by atoms with Crippen molar-refractivity contribution in [2.75, 3.05) is 42.0 Å². The number of carbonyl (C=O) groups excluding carboxylic acids is 3. The Labute approximate surface area is 266 Å². The Morgan fingerprint density at radius 1 is 1.12 bits per heavy atom. The van der Waals surface area contributed by atoms with E-state index in [1.807, 2.05) is 30.3 Å². The van der Waals surface area contributed by atoms with Crippen LogP contribution >= 0.6 is 28.3 Å². The summed E-state index contributed by atoms with van der Waals surface area (Å²) in [5.74, 6) is -3.21. The van der Waals surface area contributed by atoms with Crippen LogP contribution in [0.3, 0.4) is 0 Å². The van der Waals surface area contributed by atoms with Crippen LogP contribution < -0.4 is 25.6 Å². The third-order valence-electron chi connectivity index (χ3n) is 7.75. The van der Waals surface area contributed by atoms with Crippen molar-refractivity contribution in [3.05, 3.63) is 64.6 Å². The highest BCUT2D eigenvalue weighted by Gasteiger charge is 2.51. The summed E-state index contributed by atoms with van der Waals surface area (Å²) < 4.78 is 31.0. The molecule has 13 heteroatoms. The van der Waals surface area contributed by atoms with Gasteiger partial charge in [0.05, 0.1) is 30.9 Å². The molecule has 0 saturated carbocycles. The quantitative estimate of drug-likeness (QED) is 0.329. The molecular weight excluding hydrogens is 660 g/mol. The van der Waals surface area contributed by atoms with Crippen molar-refractivity contribution in [3.8, 4) is 5.75 Å². The number of halogens is 2. The van der Waals surface area contributed by atoms with Crippen LogP contribution in [0.2, 0.25) is 0 Å². The molecule has 0 spiro atoms. The van der Waals surface area contributed by atoms with Crippen LogP contribution in [0.4, 0.5) is 11.4 Å². The second-order valence-corrected chi connectivity index (χ2v) is 13.4. The molecule has 1 aliphatic heterocycles. The van der Waals surface area contributed by atoms with E-state index in [-0.39, 0.29) is 31.9 Å². The van der Waals surface area contributed by atoms with Crippen molar-refractivity contribution >= 4 is 78.0 Å². The van der Waals surface area contributed by atoms with Crippen molar-refractivity contribution in [1.29, 1.82) is 0 Å². The summed E-state index contributed by atoms with van der Waals surface area (Å²) in [6.07, 6.45) is 1.14. The lowest BCUT2D eigenvalue weighted by Gasteiger charge is -2.39. The smallest absolute Gasteiger partial charge is 0.242 e. The van der Waals surface area contributed by atoms with Crippen molar-refractivity contribution in [1.82, 2.24) is 5.32 Å². The van der Waals surface area contributed by atoms with Crippen molar-refractivity contribution in [2.45, 2.75) is 32.4 Å². The summed E-state index contributed by atoms with van der Waals surface area (Å²) in [5.41, 5.74) is 5.95. The number of likely N-dealkylation sites (N-methyl/N-ethyl adjacent to an activating group) is 1. The van der Waals surface area contributed by atoms with Gasteiger partial charge in [-0.15, -0.1) is 12.4 Å². The average Bonchev–Trinajstić information content (AvgIpc) is 3.05. The maximum Gasteiger partial charge on any atom is 0.242 e. The first-order chi connectivity index (χ1) is 19.9. The summed E-state index contributed by atoms with van der Waals surface area (Å²) in [7, 11) is -2.15. The van der Waals surface area contributed by atoms with Gasteiger partial charge in [-0.2, -0.15) is 0 Å². The average molecular weight is 696 g/mol. The maximum atomic E-state index is 14.7. The second-order valence-electron chi connectivity index (χ2n) is 10.4. The SMILES string of the molecule is CCNC(CC)(C(N)=O)[C@@H]1CN(C(=O)CS(C)(=O)=O)c2ccccc2N(Cc2c(OC)ccc3cc(Br)ccc23)C1=O.Cl. The minimum absolute atomic E-state index is 0. The van der Waals surface area contributed by atoms with Gasteiger partial charge in [0, 0.05) is 22.8 Å². The number of amides is 3. The summed E-state index contributed by atoms with van der Waals surface area (Å²) in [5, 5.41) is 4.92. The fourth-order valence-electron chi connectivity index (χ4n) is 5.76. The Kier molecular flexibility index (Phi) is 10.9. The van der Waals surface area contributed by atoms with Gasteiger partial charge in [-0.25, -0.2) is 8.42 Å². The van der Waals surface area contributed by atoms with Gasteiger partial charge in [-0.05, 0) is 54.1 Å². The molecule has 3 aromatic carbocycles. The minimum Gasteiger partial charge on any atom is -0.496 e. The largest absolute Gasteiger partial charge is 0.496 e. The lowest BCUT2D eigenvalue weighted by Crippen LogP contribution is -2.65. The Morgan fingerprint density at radius 2 is 1.79 bits per heavy atom. The topological polar surface area (TPSA) is 139 Å². The molecule has 4 rings (SSSR count). The van der Waals surface area contributed by atoms with Crippen LogP contribution in [0.1, 0.15) is 25.8 Å². The molecule has 10 nitrogen and oxygen atoms in total. The third-order valence-corrected chi connectivity index (χ3v) is 9.01. The fourth-order valence-corrected chi connectivity index (χ4v) is 6.74. The van der Waals surface area contributed by atoms with Crippen LogP contribution in [-0.4, -0.2) is 63.9 Å². The van der Waals surface area contributed by atoms with E-state index >= 15 is 0 Å². The molecule has 3 amide bonds.